The van der Waals surface area contributed by atoms with E-state index in [-0.39, 0.29) is 18.0 Å². The van der Waals surface area contributed by atoms with Crippen LogP contribution in [0.5, 0.6) is 5.75 Å². The molecule has 1 aliphatic carbocycles. The Kier molecular flexibility index (Phi) is 5.64. The first kappa shape index (κ1) is 21.9. The highest BCUT2D eigenvalue weighted by molar-refractivity contribution is 6.30. The van der Waals surface area contributed by atoms with Gasteiger partial charge in [-0.2, -0.15) is 4.98 Å². The number of benzene rings is 1. The second-order valence-corrected chi connectivity index (χ2v) is 9.12. The molecule has 0 radical (unpaired) electrons. The van der Waals surface area contributed by atoms with Gasteiger partial charge >= 0.3 is 0 Å². The highest BCUT2D eigenvalue weighted by atomic mass is 35.5. The number of morpholine rings is 1. The van der Waals surface area contributed by atoms with Crippen LogP contribution in [0.2, 0.25) is 5.02 Å². The maximum atomic E-state index is 13.6. The number of ether oxygens (including phenoxy) is 2. The summed E-state index contributed by atoms with van der Waals surface area (Å²) in [6.07, 6.45) is 2.17. The molecule has 1 unspecified atom stereocenters. The smallest absolute Gasteiger partial charge is 0.296 e. The summed E-state index contributed by atoms with van der Waals surface area (Å²) < 4.78 is 17.2. The van der Waals surface area contributed by atoms with E-state index >= 15 is 0 Å². The van der Waals surface area contributed by atoms with Crippen LogP contribution in [0.1, 0.15) is 35.8 Å². The fourth-order valence-electron chi connectivity index (χ4n) is 4.55. The minimum Gasteiger partial charge on any atom is -0.493 e. The first-order valence-electron chi connectivity index (χ1n) is 10.8. The van der Waals surface area contributed by atoms with Crippen LogP contribution in [0.3, 0.4) is 0 Å². The minimum atomic E-state index is -0.467. The van der Waals surface area contributed by atoms with Crippen molar-refractivity contribution in [3.63, 3.8) is 0 Å². The molecule has 174 valence electrons. The third-order valence-corrected chi connectivity index (χ3v) is 6.48. The summed E-state index contributed by atoms with van der Waals surface area (Å²) in [7, 11) is 1.52. The number of rotatable bonds is 5. The zero-order chi connectivity index (χ0) is 23.2. The molecule has 2 N–H and O–H groups in total. The normalized spacial score (nSPS) is 24.7. The number of oxazole rings is 1. The van der Waals surface area contributed by atoms with E-state index in [1.807, 2.05) is 11.8 Å². The quantitative estimate of drug-likeness (QED) is 0.582. The molecule has 1 amide bonds. The van der Waals surface area contributed by atoms with Gasteiger partial charge in [0.2, 0.25) is 0 Å². The van der Waals surface area contributed by atoms with Crippen LogP contribution < -0.4 is 10.1 Å². The van der Waals surface area contributed by atoms with Gasteiger partial charge in [0.1, 0.15) is 5.52 Å². The minimum absolute atomic E-state index is 0.0779. The third-order valence-electron chi connectivity index (χ3n) is 6.25. The monoisotopic (exact) mass is 472 g/mol. The Bertz CT molecular complexity index is 1190. The Hall–Kier alpha value is -2.88. The molecule has 5 rings (SSSR count). The molecule has 2 fully saturated rings. The molecule has 2 aromatic heterocycles. The van der Waals surface area contributed by atoms with Crippen LogP contribution in [0.25, 0.3) is 11.1 Å². The fourth-order valence-corrected chi connectivity index (χ4v) is 4.74. The van der Waals surface area contributed by atoms with Crippen molar-refractivity contribution >= 4 is 34.6 Å². The highest BCUT2D eigenvalue weighted by Crippen LogP contribution is 2.42. The molecule has 1 aromatic carbocycles. The Labute approximate surface area is 195 Å². The molecule has 33 heavy (non-hydrogen) atoms. The first-order chi connectivity index (χ1) is 15.9. The second-order valence-electron chi connectivity index (χ2n) is 8.69. The number of pyridine rings is 1. The van der Waals surface area contributed by atoms with Gasteiger partial charge in [-0.25, -0.2) is 0 Å². The number of methoxy groups -OCH3 is 1. The number of carbonyl (C=O) groups is 1. The Morgan fingerprint density at radius 3 is 2.94 bits per heavy atom. The van der Waals surface area contributed by atoms with Crippen molar-refractivity contribution in [1.82, 2.24) is 14.9 Å². The summed E-state index contributed by atoms with van der Waals surface area (Å²) in [4.78, 5) is 24.1. The van der Waals surface area contributed by atoms with Crippen molar-refractivity contribution in [3.05, 3.63) is 46.7 Å². The number of amides is 1. The molecule has 1 saturated carbocycles. The lowest BCUT2D eigenvalue weighted by molar-refractivity contribution is -0.154. The maximum Gasteiger partial charge on any atom is 0.296 e. The fraction of sp³-hybridized carbons (Fsp3) is 0.435. The SMILES string of the molecule is COc1cc(C(=O)N2CC(C)OCC23CC(O)C3)cc2nc(NCc3cc(Cl)ccn3)oc12. The lowest BCUT2D eigenvalue weighted by Crippen LogP contribution is -2.68. The largest absolute Gasteiger partial charge is 0.493 e. The van der Waals surface area contributed by atoms with Crippen molar-refractivity contribution < 1.29 is 23.8 Å². The van der Waals surface area contributed by atoms with E-state index in [0.29, 0.717) is 60.0 Å². The zero-order valence-electron chi connectivity index (χ0n) is 18.4. The predicted molar refractivity (Wildman–Crippen MR) is 122 cm³/mol. The lowest BCUT2D eigenvalue weighted by atomic mass is 9.72. The summed E-state index contributed by atoms with van der Waals surface area (Å²) in [5.74, 6) is 0.277. The van der Waals surface area contributed by atoms with Crippen LogP contribution in [0.15, 0.2) is 34.9 Å². The molecule has 2 aliphatic rings. The summed E-state index contributed by atoms with van der Waals surface area (Å²) >= 11 is 6.01. The Morgan fingerprint density at radius 1 is 1.39 bits per heavy atom. The van der Waals surface area contributed by atoms with Gasteiger partial charge < -0.3 is 29.2 Å². The van der Waals surface area contributed by atoms with E-state index in [9.17, 15) is 9.90 Å². The van der Waals surface area contributed by atoms with E-state index < -0.39 is 11.6 Å². The van der Waals surface area contributed by atoms with Gasteiger partial charge in [0, 0.05) is 23.3 Å². The van der Waals surface area contributed by atoms with Crippen molar-refractivity contribution in [3.8, 4) is 5.75 Å². The molecule has 9 nitrogen and oxygen atoms in total. The van der Waals surface area contributed by atoms with Crippen LogP contribution >= 0.6 is 11.6 Å². The molecule has 1 spiro atoms. The highest BCUT2D eigenvalue weighted by Gasteiger charge is 2.52. The van der Waals surface area contributed by atoms with Crippen LogP contribution in [0.4, 0.5) is 6.01 Å². The standard InChI is InChI=1S/C23H25ClN4O5/c1-13-11-28(23(12-32-13)8-17(29)9-23)21(30)14-5-18-20(19(6-14)31-2)33-22(27-18)26-10-16-7-15(24)3-4-25-16/h3-7,13,17,29H,8-12H2,1-2H3,(H,26,27). The average Bonchev–Trinajstić information content (AvgIpc) is 3.20. The number of aliphatic hydroxyl groups is 1. The predicted octanol–water partition coefficient (Wildman–Crippen LogP) is 3.25. The van der Waals surface area contributed by atoms with Crippen molar-refractivity contribution in [2.45, 2.75) is 44.1 Å². The summed E-state index contributed by atoms with van der Waals surface area (Å²) in [6, 6.07) is 7.12. The van der Waals surface area contributed by atoms with Crippen LogP contribution in [0, 0.1) is 0 Å². The topological polar surface area (TPSA) is 110 Å². The first-order valence-corrected chi connectivity index (χ1v) is 11.2. The van der Waals surface area contributed by atoms with Gasteiger partial charge in [0.25, 0.3) is 11.9 Å². The van der Waals surface area contributed by atoms with Gasteiger partial charge in [0.15, 0.2) is 11.3 Å². The molecule has 10 heteroatoms. The van der Waals surface area contributed by atoms with Crippen molar-refractivity contribution in [2.75, 3.05) is 25.6 Å². The summed E-state index contributed by atoms with van der Waals surface area (Å²) in [5, 5.41) is 13.6. The molecule has 3 heterocycles. The number of aromatic nitrogens is 2. The van der Waals surface area contributed by atoms with Crippen molar-refractivity contribution in [2.24, 2.45) is 0 Å². The summed E-state index contributed by atoms with van der Waals surface area (Å²) in [6.45, 7) is 3.20. The molecule has 1 saturated heterocycles. The number of nitrogens with zero attached hydrogens (tertiary/aromatic N) is 3. The number of hydrogen-bond acceptors (Lipinski definition) is 8. The molecule has 1 atom stereocenters. The van der Waals surface area contributed by atoms with Crippen LogP contribution in [-0.2, 0) is 11.3 Å². The Morgan fingerprint density at radius 2 is 2.21 bits per heavy atom. The summed E-state index contributed by atoms with van der Waals surface area (Å²) in [5.41, 5.74) is 1.67. The van der Waals surface area contributed by atoms with E-state index in [1.54, 1.807) is 30.5 Å². The van der Waals surface area contributed by atoms with E-state index in [2.05, 4.69) is 15.3 Å². The van der Waals surface area contributed by atoms with Crippen LogP contribution in [-0.4, -0.2) is 63.9 Å². The number of carbonyl (C=O) groups excluding carboxylic acids is 1. The van der Waals surface area contributed by atoms with Crippen molar-refractivity contribution in [1.29, 1.82) is 0 Å². The van der Waals surface area contributed by atoms with Gasteiger partial charge in [-0.3, -0.25) is 9.78 Å². The van der Waals surface area contributed by atoms with Gasteiger partial charge in [-0.1, -0.05) is 11.6 Å². The number of anilines is 1. The number of nitrogens with one attached hydrogen (secondary N) is 1. The van der Waals surface area contributed by atoms with Gasteiger partial charge in [0.05, 0.1) is 43.7 Å². The Balaban J connectivity index is 1.42. The van der Waals surface area contributed by atoms with E-state index in [4.69, 9.17) is 25.5 Å². The molecule has 1 aliphatic heterocycles. The average molecular weight is 473 g/mol. The molecular weight excluding hydrogens is 448 g/mol. The van der Waals surface area contributed by atoms with E-state index in [1.165, 1.54) is 7.11 Å². The zero-order valence-corrected chi connectivity index (χ0v) is 19.1. The molecule has 0 bridgehead atoms. The number of fused-ring (bicyclic) bond motifs is 1. The lowest BCUT2D eigenvalue weighted by Gasteiger charge is -2.55. The van der Waals surface area contributed by atoms with E-state index in [0.717, 1.165) is 5.69 Å². The number of aliphatic hydroxyl groups excluding tert-OH is 1. The number of halogens is 1. The maximum absolute atomic E-state index is 13.6. The van der Waals surface area contributed by atoms with Gasteiger partial charge in [-0.15, -0.1) is 0 Å². The van der Waals surface area contributed by atoms with Gasteiger partial charge in [-0.05, 0) is 44.0 Å². The third kappa shape index (κ3) is 4.12. The molecular formula is C23H25ClN4O5. The second kappa shape index (κ2) is 8.48. The molecule has 3 aromatic rings. The number of hydrogen-bond donors (Lipinski definition) is 2.